The number of nitrogens with zero attached hydrogens (tertiary/aromatic N) is 2. The molecule has 1 saturated carbocycles. The first-order valence-electron chi connectivity index (χ1n) is 6.22. The van der Waals surface area contributed by atoms with Gasteiger partial charge in [0.05, 0.1) is 24.1 Å². The Morgan fingerprint density at radius 2 is 1.95 bits per heavy atom. The van der Waals surface area contributed by atoms with Crippen LogP contribution in [-0.2, 0) is 4.79 Å². The van der Waals surface area contributed by atoms with E-state index in [9.17, 15) is 9.18 Å². The van der Waals surface area contributed by atoms with Gasteiger partial charge in [0.2, 0.25) is 5.91 Å². The average Bonchev–Trinajstić information content (AvgIpc) is 3.12. The third-order valence-corrected chi connectivity index (χ3v) is 3.28. The van der Waals surface area contributed by atoms with Gasteiger partial charge in [0.15, 0.2) is 0 Å². The number of rotatable bonds is 3. The van der Waals surface area contributed by atoms with Gasteiger partial charge in [-0.3, -0.25) is 4.79 Å². The van der Waals surface area contributed by atoms with Gasteiger partial charge in [-0.05, 0) is 12.8 Å². The van der Waals surface area contributed by atoms with Crippen molar-refractivity contribution in [2.24, 2.45) is 0 Å². The minimum Gasteiger partial charge on any atom is -0.322 e. The second kappa shape index (κ2) is 7.15. The summed E-state index contributed by atoms with van der Waals surface area (Å²) in [5, 5.41) is 5.54. The van der Waals surface area contributed by atoms with E-state index in [1.807, 2.05) is 0 Å². The van der Waals surface area contributed by atoms with Gasteiger partial charge in [0.1, 0.15) is 12.0 Å². The lowest BCUT2D eigenvalue weighted by Crippen LogP contribution is -2.35. The number of carbonyl (C=O) groups is 1. The molecule has 0 radical (unpaired) electrons. The first-order chi connectivity index (χ1) is 8.72. The number of halogens is 3. The molecule has 1 aliphatic heterocycles. The summed E-state index contributed by atoms with van der Waals surface area (Å²) < 4.78 is 13.0. The molecule has 2 fully saturated rings. The molecular weight excluding hydrogens is 306 g/mol. The molecular formula is C12H17Cl2FN4O. The molecule has 1 aromatic heterocycles. The third-order valence-electron chi connectivity index (χ3n) is 3.28. The minimum atomic E-state index is -0.936. The van der Waals surface area contributed by atoms with Gasteiger partial charge < -0.3 is 10.6 Å². The summed E-state index contributed by atoms with van der Waals surface area (Å²) in [4.78, 5) is 20.2. The number of hydrogen-bond acceptors (Lipinski definition) is 4. The van der Waals surface area contributed by atoms with Crippen molar-refractivity contribution in [3.05, 3.63) is 18.2 Å². The number of nitrogens with one attached hydrogen (secondary N) is 2. The largest absolute Gasteiger partial charge is 0.322 e. The van der Waals surface area contributed by atoms with E-state index in [-0.39, 0.29) is 43.7 Å². The zero-order valence-electron chi connectivity index (χ0n) is 10.7. The predicted octanol–water partition coefficient (Wildman–Crippen LogP) is 1.84. The average molecular weight is 323 g/mol. The molecule has 2 atom stereocenters. The highest BCUT2D eigenvalue weighted by Gasteiger charge is 2.29. The highest BCUT2D eigenvalue weighted by molar-refractivity contribution is 5.94. The van der Waals surface area contributed by atoms with E-state index in [2.05, 4.69) is 20.6 Å². The van der Waals surface area contributed by atoms with Crippen molar-refractivity contribution in [3.8, 4) is 0 Å². The fourth-order valence-corrected chi connectivity index (χ4v) is 2.08. The fourth-order valence-electron chi connectivity index (χ4n) is 2.08. The molecule has 2 N–H and O–H groups in total. The summed E-state index contributed by atoms with van der Waals surface area (Å²) in [5.41, 5.74) is 0.563. The maximum Gasteiger partial charge on any atom is 0.241 e. The van der Waals surface area contributed by atoms with Crippen molar-refractivity contribution in [2.75, 3.05) is 11.9 Å². The fraction of sp³-hybridized carbons (Fsp3) is 0.583. The summed E-state index contributed by atoms with van der Waals surface area (Å²) in [6, 6.07) is -0.455. The molecule has 0 unspecified atom stereocenters. The Hall–Kier alpha value is -0.980. The van der Waals surface area contributed by atoms with Crippen molar-refractivity contribution < 1.29 is 9.18 Å². The van der Waals surface area contributed by atoms with E-state index >= 15 is 0 Å². The molecule has 0 aromatic carbocycles. The molecule has 0 bridgehead atoms. The lowest BCUT2D eigenvalue weighted by Gasteiger charge is -2.10. The van der Waals surface area contributed by atoms with Crippen LogP contribution in [0.1, 0.15) is 31.0 Å². The van der Waals surface area contributed by atoms with E-state index in [4.69, 9.17) is 0 Å². The number of aromatic nitrogens is 2. The Labute approximate surface area is 129 Å². The lowest BCUT2D eigenvalue weighted by molar-refractivity contribution is -0.117. The van der Waals surface area contributed by atoms with Crippen molar-refractivity contribution in [2.45, 2.75) is 37.4 Å². The van der Waals surface area contributed by atoms with Crippen LogP contribution in [0.3, 0.4) is 0 Å². The van der Waals surface area contributed by atoms with Crippen molar-refractivity contribution in [3.63, 3.8) is 0 Å². The Bertz CT molecular complexity index is 455. The van der Waals surface area contributed by atoms with Crippen molar-refractivity contribution in [1.82, 2.24) is 15.3 Å². The van der Waals surface area contributed by atoms with E-state index in [0.29, 0.717) is 11.6 Å². The normalized spacial score (nSPS) is 24.4. The van der Waals surface area contributed by atoms with Crippen LogP contribution in [0.2, 0.25) is 0 Å². The van der Waals surface area contributed by atoms with Gasteiger partial charge in [-0.25, -0.2) is 14.4 Å². The second-order valence-electron chi connectivity index (χ2n) is 4.89. The third kappa shape index (κ3) is 4.01. The number of carbonyl (C=O) groups excluding carboxylic acids is 1. The lowest BCUT2D eigenvalue weighted by atomic mass is 10.2. The monoisotopic (exact) mass is 322 g/mol. The van der Waals surface area contributed by atoms with Gasteiger partial charge >= 0.3 is 0 Å². The molecule has 1 amide bonds. The molecule has 0 spiro atoms. The van der Waals surface area contributed by atoms with Crippen LogP contribution in [-0.4, -0.2) is 34.6 Å². The second-order valence-corrected chi connectivity index (χ2v) is 4.89. The highest BCUT2D eigenvalue weighted by atomic mass is 35.5. The van der Waals surface area contributed by atoms with Crippen molar-refractivity contribution in [1.29, 1.82) is 0 Å². The Morgan fingerprint density at radius 1 is 1.30 bits per heavy atom. The Balaban J connectivity index is 0.000001000. The molecule has 3 rings (SSSR count). The minimum absolute atomic E-state index is 0. The summed E-state index contributed by atoms with van der Waals surface area (Å²) in [6.07, 6.45) is 4.81. The summed E-state index contributed by atoms with van der Waals surface area (Å²) in [6.45, 7) is 0.245. The molecule has 20 heavy (non-hydrogen) atoms. The Kier molecular flexibility index (Phi) is 6.10. The van der Waals surface area contributed by atoms with Crippen molar-refractivity contribution >= 4 is 36.4 Å². The van der Waals surface area contributed by atoms with Gasteiger partial charge in [0.25, 0.3) is 0 Å². The summed E-state index contributed by atoms with van der Waals surface area (Å²) in [5.74, 6) is 1.12. The molecule has 8 heteroatoms. The van der Waals surface area contributed by atoms with E-state index in [0.717, 1.165) is 18.7 Å². The van der Waals surface area contributed by atoms with Crippen LogP contribution in [0.25, 0.3) is 0 Å². The number of anilines is 1. The predicted molar refractivity (Wildman–Crippen MR) is 78.4 cm³/mol. The molecule has 1 saturated heterocycles. The topological polar surface area (TPSA) is 66.9 Å². The van der Waals surface area contributed by atoms with Crippen LogP contribution in [0.15, 0.2) is 12.4 Å². The molecule has 2 heterocycles. The zero-order valence-corrected chi connectivity index (χ0v) is 12.3. The van der Waals surface area contributed by atoms with Crippen LogP contribution in [0.4, 0.5) is 10.1 Å². The number of amides is 1. The molecule has 112 valence electrons. The number of hydrogen-bond donors (Lipinski definition) is 2. The maximum atomic E-state index is 13.0. The van der Waals surface area contributed by atoms with E-state index in [1.165, 1.54) is 0 Å². The molecule has 1 aliphatic carbocycles. The standard InChI is InChI=1S/C12H15FN4O.2ClH/c13-8-3-10(14-4-8)12(18)17-9-5-15-11(16-6-9)7-1-2-7;;/h5-8,10,14H,1-4H2,(H,17,18);2*1H/t8-,10+;;/m0../s1. The van der Waals surface area contributed by atoms with Gasteiger partial charge in [0, 0.05) is 18.9 Å². The van der Waals surface area contributed by atoms with Crippen LogP contribution >= 0.6 is 24.8 Å². The SMILES string of the molecule is Cl.Cl.O=C(Nc1cnc(C2CC2)nc1)[C@H]1C[C@H](F)CN1. The quantitative estimate of drug-likeness (QED) is 0.891. The highest BCUT2D eigenvalue weighted by Crippen LogP contribution is 2.37. The smallest absolute Gasteiger partial charge is 0.241 e. The van der Waals surface area contributed by atoms with Gasteiger partial charge in [-0.2, -0.15) is 0 Å². The van der Waals surface area contributed by atoms with E-state index < -0.39 is 12.2 Å². The van der Waals surface area contributed by atoms with Crippen LogP contribution < -0.4 is 10.6 Å². The maximum absolute atomic E-state index is 13.0. The van der Waals surface area contributed by atoms with Crippen LogP contribution in [0.5, 0.6) is 0 Å². The first kappa shape index (κ1) is 17.1. The van der Waals surface area contributed by atoms with Crippen LogP contribution in [0, 0.1) is 0 Å². The van der Waals surface area contributed by atoms with Gasteiger partial charge in [-0.1, -0.05) is 0 Å². The van der Waals surface area contributed by atoms with E-state index in [1.54, 1.807) is 12.4 Å². The summed E-state index contributed by atoms with van der Waals surface area (Å²) in [7, 11) is 0. The van der Waals surface area contributed by atoms with Gasteiger partial charge in [-0.15, -0.1) is 24.8 Å². The Morgan fingerprint density at radius 3 is 2.45 bits per heavy atom. The first-order valence-corrected chi connectivity index (χ1v) is 6.22. The molecule has 1 aromatic rings. The summed E-state index contributed by atoms with van der Waals surface area (Å²) >= 11 is 0. The molecule has 2 aliphatic rings. The molecule has 5 nitrogen and oxygen atoms in total. The zero-order chi connectivity index (χ0) is 12.5. The number of alkyl halides is 1.